The molecule has 1 aromatic carbocycles. The van der Waals surface area contributed by atoms with E-state index < -0.39 is 5.60 Å². The molecule has 1 aliphatic carbocycles. The van der Waals surface area contributed by atoms with Crippen molar-refractivity contribution < 1.29 is 9.90 Å². The van der Waals surface area contributed by atoms with E-state index in [1.165, 1.54) is 0 Å². The number of hydrogen-bond donors (Lipinski definition) is 1. The Balaban J connectivity index is 1.51. The van der Waals surface area contributed by atoms with Gasteiger partial charge in [0.15, 0.2) is 0 Å². The van der Waals surface area contributed by atoms with Crippen molar-refractivity contribution >= 4 is 5.91 Å². The predicted octanol–water partition coefficient (Wildman–Crippen LogP) is 3.03. The fraction of sp³-hybridized carbons (Fsp3) is 0.545. The summed E-state index contributed by atoms with van der Waals surface area (Å²) in [6.07, 6.45) is 7.87. The minimum absolute atomic E-state index is 0.128. The van der Waals surface area contributed by atoms with Crippen LogP contribution in [0.2, 0.25) is 0 Å². The highest BCUT2D eigenvalue weighted by Gasteiger charge is 2.50. The lowest BCUT2D eigenvalue weighted by Crippen LogP contribution is -2.59. The Hall–Kier alpha value is -2.14. The first-order valence-corrected chi connectivity index (χ1v) is 10.1. The number of aromatic nitrogens is 2. The lowest BCUT2D eigenvalue weighted by molar-refractivity contribution is -0.154. The molecular weight excluding hydrogens is 338 g/mol. The number of piperidine rings is 1. The molecule has 3 atom stereocenters. The summed E-state index contributed by atoms with van der Waals surface area (Å²) in [6, 6.07) is 12.2. The standard InChI is InChI=1S/C22H29N3O2/c1-24-18(13-15-23-24)11-12-21(26)25-16-14-22(27,17-7-3-2-4-8-17)19-9-5-6-10-20(19)25/h2-4,7-8,13,15,19-20,27H,5-6,9-12,14,16H2,1H3/t19-,20+,22+/m0/s1. The fourth-order valence-electron chi connectivity index (χ4n) is 5.10. The second kappa shape index (κ2) is 7.47. The summed E-state index contributed by atoms with van der Waals surface area (Å²) >= 11 is 0. The van der Waals surface area contributed by atoms with Crippen LogP contribution in [0.25, 0.3) is 0 Å². The number of carbonyl (C=O) groups excluding carboxylic acids is 1. The largest absolute Gasteiger partial charge is 0.385 e. The third-order valence-corrected chi connectivity index (χ3v) is 6.59. The molecule has 0 unspecified atom stereocenters. The number of carbonyl (C=O) groups is 1. The Labute approximate surface area is 161 Å². The summed E-state index contributed by atoms with van der Waals surface area (Å²) in [7, 11) is 1.91. The van der Waals surface area contributed by atoms with Gasteiger partial charge in [-0.3, -0.25) is 9.48 Å². The molecule has 0 spiro atoms. The number of benzene rings is 1. The van der Waals surface area contributed by atoms with Gasteiger partial charge in [0.05, 0.1) is 5.60 Å². The Morgan fingerprint density at radius 3 is 2.74 bits per heavy atom. The van der Waals surface area contributed by atoms with Crippen LogP contribution in [0, 0.1) is 5.92 Å². The highest BCUT2D eigenvalue weighted by atomic mass is 16.3. The number of nitrogens with zero attached hydrogens (tertiary/aromatic N) is 3. The van der Waals surface area contributed by atoms with Crippen molar-refractivity contribution in [2.45, 2.75) is 56.6 Å². The molecular formula is C22H29N3O2. The molecule has 4 rings (SSSR count). The number of amides is 1. The molecule has 5 heteroatoms. The average Bonchev–Trinajstić information content (AvgIpc) is 3.12. The van der Waals surface area contributed by atoms with Crippen LogP contribution in [0.3, 0.4) is 0 Å². The lowest BCUT2D eigenvalue weighted by Gasteiger charge is -2.52. The summed E-state index contributed by atoms with van der Waals surface area (Å²) in [6.45, 7) is 0.636. The summed E-state index contributed by atoms with van der Waals surface area (Å²) in [5.74, 6) is 0.339. The number of likely N-dealkylation sites (tertiary alicyclic amines) is 1. The normalized spacial score (nSPS) is 28.0. The van der Waals surface area contributed by atoms with E-state index in [9.17, 15) is 9.90 Å². The average molecular weight is 367 g/mol. The van der Waals surface area contributed by atoms with E-state index in [4.69, 9.17) is 0 Å². The van der Waals surface area contributed by atoms with Gasteiger partial charge in [0.2, 0.25) is 5.91 Å². The maximum atomic E-state index is 13.0. The highest BCUT2D eigenvalue weighted by Crippen LogP contribution is 2.47. The molecule has 144 valence electrons. The Morgan fingerprint density at radius 2 is 2.00 bits per heavy atom. The quantitative estimate of drug-likeness (QED) is 0.904. The molecule has 2 aromatic rings. The van der Waals surface area contributed by atoms with Crippen LogP contribution in [-0.2, 0) is 23.9 Å². The van der Waals surface area contributed by atoms with E-state index in [1.54, 1.807) is 6.20 Å². The van der Waals surface area contributed by atoms with E-state index in [1.807, 2.05) is 48.1 Å². The third kappa shape index (κ3) is 3.41. The van der Waals surface area contributed by atoms with Gasteiger partial charge >= 0.3 is 0 Å². The molecule has 2 aliphatic rings. The molecule has 1 saturated carbocycles. The monoisotopic (exact) mass is 367 g/mol. The predicted molar refractivity (Wildman–Crippen MR) is 104 cm³/mol. The zero-order valence-corrected chi connectivity index (χ0v) is 16.1. The number of aryl methyl sites for hydroxylation is 2. The molecule has 1 aromatic heterocycles. The van der Waals surface area contributed by atoms with Crippen LogP contribution in [0.1, 0.15) is 49.8 Å². The topological polar surface area (TPSA) is 58.4 Å². The van der Waals surface area contributed by atoms with Gasteiger partial charge in [-0.25, -0.2) is 0 Å². The van der Waals surface area contributed by atoms with Crippen LogP contribution in [0.4, 0.5) is 0 Å². The maximum absolute atomic E-state index is 13.0. The Bertz CT molecular complexity index is 788. The smallest absolute Gasteiger partial charge is 0.223 e. The molecule has 5 nitrogen and oxygen atoms in total. The summed E-state index contributed by atoms with van der Waals surface area (Å²) in [4.78, 5) is 15.1. The van der Waals surface area contributed by atoms with E-state index in [0.29, 0.717) is 25.8 Å². The van der Waals surface area contributed by atoms with Crippen molar-refractivity contribution in [3.63, 3.8) is 0 Å². The van der Waals surface area contributed by atoms with Gasteiger partial charge in [-0.1, -0.05) is 43.2 Å². The molecule has 1 N–H and O–H groups in total. The highest BCUT2D eigenvalue weighted by molar-refractivity contribution is 5.77. The fourth-order valence-corrected chi connectivity index (χ4v) is 5.10. The number of rotatable bonds is 4. The summed E-state index contributed by atoms with van der Waals surface area (Å²) in [5.41, 5.74) is 1.27. The first-order chi connectivity index (χ1) is 13.1. The molecule has 1 aliphatic heterocycles. The van der Waals surface area contributed by atoms with Crippen molar-refractivity contribution in [2.24, 2.45) is 13.0 Å². The number of hydrogen-bond acceptors (Lipinski definition) is 3. The van der Waals surface area contributed by atoms with Gasteiger partial charge in [0, 0.05) is 43.9 Å². The number of fused-ring (bicyclic) bond motifs is 1. The van der Waals surface area contributed by atoms with Crippen LogP contribution in [0.5, 0.6) is 0 Å². The van der Waals surface area contributed by atoms with Crippen LogP contribution in [0.15, 0.2) is 42.6 Å². The van der Waals surface area contributed by atoms with Gasteiger partial charge in [-0.2, -0.15) is 5.10 Å². The van der Waals surface area contributed by atoms with Gasteiger partial charge < -0.3 is 10.0 Å². The van der Waals surface area contributed by atoms with E-state index in [0.717, 1.165) is 36.9 Å². The zero-order valence-electron chi connectivity index (χ0n) is 16.1. The Morgan fingerprint density at radius 1 is 1.22 bits per heavy atom. The second-order valence-electron chi connectivity index (χ2n) is 8.03. The Kier molecular flexibility index (Phi) is 5.04. The molecule has 2 fully saturated rings. The maximum Gasteiger partial charge on any atom is 0.223 e. The van der Waals surface area contributed by atoms with Crippen molar-refractivity contribution in [3.8, 4) is 0 Å². The van der Waals surface area contributed by atoms with Gasteiger partial charge in [-0.05, 0) is 37.3 Å². The molecule has 2 heterocycles. The SMILES string of the molecule is Cn1nccc1CCC(=O)N1CC[C@@](O)(c2ccccc2)[C@H]2CCCC[C@H]21. The molecule has 1 amide bonds. The van der Waals surface area contributed by atoms with E-state index in [2.05, 4.69) is 10.00 Å². The van der Waals surface area contributed by atoms with E-state index in [-0.39, 0.29) is 17.9 Å². The van der Waals surface area contributed by atoms with E-state index >= 15 is 0 Å². The van der Waals surface area contributed by atoms with Gasteiger partial charge in [0.25, 0.3) is 0 Å². The van der Waals surface area contributed by atoms with Crippen LogP contribution >= 0.6 is 0 Å². The first kappa shape index (κ1) is 18.2. The van der Waals surface area contributed by atoms with Crippen molar-refractivity contribution in [2.75, 3.05) is 6.54 Å². The molecule has 0 bridgehead atoms. The molecule has 27 heavy (non-hydrogen) atoms. The third-order valence-electron chi connectivity index (χ3n) is 6.59. The van der Waals surface area contributed by atoms with Crippen molar-refractivity contribution in [1.82, 2.24) is 14.7 Å². The summed E-state index contributed by atoms with van der Waals surface area (Å²) in [5, 5.41) is 15.8. The molecule has 0 radical (unpaired) electrons. The van der Waals surface area contributed by atoms with Crippen LogP contribution in [-0.4, -0.2) is 38.3 Å². The summed E-state index contributed by atoms with van der Waals surface area (Å²) < 4.78 is 1.83. The van der Waals surface area contributed by atoms with Gasteiger partial charge in [0.1, 0.15) is 0 Å². The minimum Gasteiger partial charge on any atom is -0.385 e. The van der Waals surface area contributed by atoms with Crippen LogP contribution < -0.4 is 0 Å². The van der Waals surface area contributed by atoms with Crippen molar-refractivity contribution in [3.05, 3.63) is 53.9 Å². The number of aliphatic hydroxyl groups is 1. The van der Waals surface area contributed by atoms with Gasteiger partial charge in [-0.15, -0.1) is 0 Å². The second-order valence-corrected chi connectivity index (χ2v) is 8.03. The van der Waals surface area contributed by atoms with Crippen molar-refractivity contribution in [1.29, 1.82) is 0 Å². The minimum atomic E-state index is -0.814. The zero-order chi connectivity index (χ0) is 18.9. The molecule has 1 saturated heterocycles. The lowest BCUT2D eigenvalue weighted by atomic mass is 9.66. The first-order valence-electron chi connectivity index (χ1n) is 10.1.